The molecule has 2 aliphatic rings. The zero-order valence-electron chi connectivity index (χ0n) is 15.8. The van der Waals surface area contributed by atoms with E-state index < -0.39 is 0 Å². The molecule has 5 heteroatoms. The van der Waals surface area contributed by atoms with E-state index >= 15 is 0 Å². The van der Waals surface area contributed by atoms with E-state index in [1.807, 2.05) is 37.1 Å². The number of carbonyl (C=O) groups is 2. The Hall–Kier alpha value is -1.88. The summed E-state index contributed by atoms with van der Waals surface area (Å²) in [6, 6.07) is 0. The topological polar surface area (TPSA) is 43.9 Å². The van der Waals surface area contributed by atoms with Gasteiger partial charge in [0.05, 0.1) is 6.54 Å². The van der Waals surface area contributed by atoms with Gasteiger partial charge >= 0.3 is 0 Å². The van der Waals surface area contributed by atoms with Crippen LogP contribution in [0.2, 0.25) is 0 Å². The Morgan fingerprint density at radius 1 is 1.04 bits per heavy atom. The first-order valence-corrected chi connectivity index (χ1v) is 9.32. The number of hydrogen-bond acceptors (Lipinski definition) is 4. The van der Waals surface area contributed by atoms with Crippen LogP contribution in [0.3, 0.4) is 0 Å². The van der Waals surface area contributed by atoms with Crippen LogP contribution in [0.4, 0.5) is 0 Å². The number of allylic oxidation sites excluding steroid dienone is 3. The van der Waals surface area contributed by atoms with Crippen molar-refractivity contribution in [2.45, 2.75) is 33.1 Å². The molecule has 5 nitrogen and oxygen atoms in total. The maximum atomic E-state index is 12.5. The van der Waals surface area contributed by atoms with Gasteiger partial charge in [0.15, 0.2) is 5.78 Å². The second-order valence-electron chi connectivity index (χ2n) is 6.82. The maximum absolute atomic E-state index is 12.5. The summed E-state index contributed by atoms with van der Waals surface area (Å²) in [6.45, 7) is 8.68. The molecule has 0 saturated carbocycles. The van der Waals surface area contributed by atoms with E-state index in [1.165, 1.54) is 12.8 Å². The number of rotatable bonds is 6. The SMILES string of the molecule is CC/C=C/C(C(C)=O)=C1/CN(C(=O)/C=C/CN2CCCC2)CCN1C. The Morgan fingerprint density at radius 3 is 2.40 bits per heavy atom. The largest absolute Gasteiger partial charge is 0.374 e. The number of ketones is 1. The molecule has 138 valence electrons. The first-order valence-electron chi connectivity index (χ1n) is 9.32. The predicted molar refractivity (Wildman–Crippen MR) is 101 cm³/mol. The number of likely N-dealkylation sites (N-methyl/N-ethyl adjacent to an activating group) is 1. The van der Waals surface area contributed by atoms with Crippen molar-refractivity contribution in [1.29, 1.82) is 0 Å². The summed E-state index contributed by atoms with van der Waals surface area (Å²) >= 11 is 0. The molecule has 2 saturated heterocycles. The molecule has 0 aromatic rings. The van der Waals surface area contributed by atoms with Crippen LogP contribution < -0.4 is 0 Å². The van der Waals surface area contributed by atoms with Crippen molar-refractivity contribution in [3.8, 4) is 0 Å². The van der Waals surface area contributed by atoms with E-state index in [2.05, 4.69) is 9.80 Å². The normalized spacial score (nSPS) is 21.6. The fourth-order valence-electron chi connectivity index (χ4n) is 3.29. The Morgan fingerprint density at radius 2 is 1.76 bits per heavy atom. The number of carbonyl (C=O) groups excluding carboxylic acids is 2. The van der Waals surface area contributed by atoms with Gasteiger partial charge < -0.3 is 9.80 Å². The molecule has 0 aromatic carbocycles. The van der Waals surface area contributed by atoms with Gasteiger partial charge in [0.1, 0.15) is 0 Å². The third-order valence-corrected chi connectivity index (χ3v) is 4.85. The smallest absolute Gasteiger partial charge is 0.246 e. The minimum atomic E-state index is 0.0344. The monoisotopic (exact) mass is 345 g/mol. The zero-order chi connectivity index (χ0) is 18.2. The molecule has 0 aliphatic carbocycles. The summed E-state index contributed by atoms with van der Waals surface area (Å²) < 4.78 is 0. The Bertz CT molecular complexity index is 571. The standard InChI is InChI=1S/C20H31N3O2/c1-4-5-9-18(17(2)24)19-16-23(15-14-21(19)3)20(25)10-8-13-22-11-6-7-12-22/h5,8-10H,4,6-7,11-16H2,1-3H3/b9-5+,10-8+,19-18+. The van der Waals surface area contributed by atoms with Crippen molar-refractivity contribution in [2.24, 2.45) is 0 Å². The Kier molecular flexibility index (Phi) is 7.44. The van der Waals surface area contributed by atoms with Gasteiger partial charge in [0.2, 0.25) is 5.91 Å². The molecule has 2 fully saturated rings. The van der Waals surface area contributed by atoms with Gasteiger partial charge in [-0.3, -0.25) is 14.5 Å². The molecule has 0 atom stereocenters. The minimum Gasteiger partial charge on any atom is -0.374 e. The van der Waals surface area contributed by atoms with Crippen molar-refractivity contribution in [2.75, 3.05) is 46.3 Å². The molecule has 0 aromatic heterocycles. The number of piperazine rings is 1. The Balaban J connectivity index is 2.04. The van der Waals surface area contributed by atoms with E-state index in [9.17, 15) is 9.59 Å². The Labute approximate surface area is 151 Å². The lowest BCUT2D eigenvalue weighted by Gasteiger charge is -2.36. The molecule has 1 amide bonds. The fraction of sp³-hybridized carbons (Fsp3) is 0.600. The lowest BCUT2D eigenvalue weighted by Crippen LogP contribution is -2.46. The van der Waals surface area contributed by atoms with Crippen LogP contribution in [-0.2, 0) is 9.59 Å². The van der Waals surface area contributed by atoms with Crippen molar-refractivity contribution in [1.82, 2.24) is 14.7 Å². The molecule has 0 unspecified atom stereocenters. The highest BCUT2D eigenvalue weighted by molar-refractivity contribution is 5.97. The van der Waals surface area contributed by atoms with Crippen molar-refractivity contribution < 1.29 is 9.59 Å². The van der Waals surface area contributed by atoms with Gasteiger partial charge in [-0.2, -0.15) is 0 Å². The molecule has 0 N–H and O–H groups in total. The van der Waals surface area contributed by atoms with Gasteiger partial charge in [0.25, 0.3) is 0 Å². The maximum Gasteiger partial charge on any atom is 0.246 e. The number of likely N-dealkylation sites (tertiary alicyclic amines) is 1. The molecule has 2 aliphatic heterocycles. The van der Waals surface area contributed by atoms with Crippen LogP contribution in [0.1, 0.15) is 33.1 Å². The lowest BCUT2D eigenvalue weighted by molar-refractivity contribution is -0.127. The van der Waals surface area contributed by atoms with Crippen LogP contribution in [-0.4, -0.2) is 72.7 Å². The first-order chi connectivity index (χ1) is 12.0. The summed E-state index contributed by atoms with van der Waals surface area (Å²) in [5.41, 5.74) is 1.65. The van der Waals surface area contributed by atoms with Crippen LogP contribution in [0.5, 0.6) is 0 Å². The minimum absolute atomic E-state index is 0.0344. The number of amides is 1. The van der Waals surface area contributed by atoms with E-state index in [4.69, 9.17) is 0 Å². The molecule has 2 heterocycles. The third-order valence-electron chi connectivity index (χ3n) is 4.85. The van der Waals surface area contributed by atoms with Crippen LogP contribution in [0.25, 0.3) is 0 Å². The summed E-state index contributed by atoms with van der Waals surface area (Å²) in [6.07, 6.45) is 10.9. The predicted octanol–water partition coefficient (Wildman–Crippen LogP) is 2.22. The van der Waals surface area contributed by atoms with Crippen molar-refractivity contribution in [3.05, 3.63) is 35.6 Å². The lowest BCUT2D eigenvalue weighted by atomic mass is 10.1. The van der Waals surface area contributed by atoms with Crippen LogP contribution in [0.15, 0.2) is 35.6 Å². The highest BCUT2D eigenvalue weighted by Gasteiger charge is 2.24. The van der Waals surface area contributed by atoms with Gasteiger partial charge in [0, 0.05) is 44.0 Å². The third kappa shape index (κ3) is 5.56. The van der Waals surface area contributed by atoms with Crippen LogP contribution in [0, 0.1) is 0 Å². The quantitative estimate of drug-likeness (QED) is 0.693. The molecule has 0 radical (unpaired) electrons. The molecule has 0 bridgehead atoms. The van der Waals surface area contributed by atoms with Crippen molar-refractivity contribution in [3.63, 3.8) is 0 Å². The first kappa shape index (κ1) is 19.4. The van der Waals surface area contributed by atoms with Gasteiger partial charge in [-0.25, -0.2) is 0 Å². The highest BCUT2D eigenvalue weighted by Crippen LogP contribution is 2.18. The number of Topliss-reactive ketones (excluding diaryl/α,β-unsaturated/α-hetero) is 1. The van der Waals surface area contributed by atoms with E-state index in [1.54, 1.807) is 13.0 Å². The molecule has 2 rings (SSSR count). The van der Waals surface area contributed by atoms with E-state index in [-0.39, 0.29) is 11.7 Å². The second kappa shape index (κ2) is 9.56. The van der Waals surface area contributed by atoms with Gasteiger partial charge in [-0.1, -0.05) is 25.2 Å². The molecular weight excluding hydrogens is 314 g/mol. The summed E-state index contributed by atoms with van der Waals surface area (Å²) in [5, 5.41) is 0. The van der Waals surface area contributed by atoms with E-state index in [0.29, 0.717) is 18.7 Å². The number of nitrogens with zero attached hydrogens (tertiary/aromatic N) is 3. The average Bonchev–Trinajstić information content (AvgIpc) is 3.09. The summed E-state index contributed by atoms with van der Waals surface area (Å²) in [5.74, 6) is 0.0811. The van der Waals surface area contributed by atoms with Gasteiger partial charge in [-0.15, -0.1) is 0 Å². The number of hydrogen-bond donors (Lipinski definition) is 0. The van der Waals surface area contributed by atoms with Crippen LogP contribution >= 0.6 is 0 Å². The zero-order valence-corrected chi connectivity index (χ0v) is 15.8. The van der Waals surface area contributed by atoms with Gasteiger partial charge in [-0.05, 0) is 39.3 Å². The summed E-state index contributed by atoms with van der Waals surface area (Å²) in [7, 11) is 1.99. The second-order valence-corrected chi connectivity index (χ2v) is 6.82. The highest BCUT2D eigenvalue weighted by atomic mass is 16.2. The summed E-state index contributed by atoms with van der Waals surface area (Å²) in [4.78, 5) is 30.8. The molecule has 25 heavy (non-hydrogen) atoms. The fourth-order valence-corrected chi connectivity index (χ4v) is 3.29. The molecule has 0 spiro atoms. The van der Waals surface area contributed by atoms with Crippen molar-refractivity contribution >= 4 is 11.7 Å². The molecular formula is C20H31N3O2. The van der Waals surface area contributed by atoms with E-state index in [0.717, 1.165) is 38.3 Å². The average molecular weight is 345 g/mol.